The molecule has 0 saturated carbocycles. The zero-order valence-electron chi connectivity index (χ0n) is 8.98. The van der Waals surface area contributed by atoms with Crippen LogP contribution in [-0.4, -0.2) is 43.0 Å². The Morgan fingerprint density at radius 2 is 2.53 bits per heavy atom. The normalized spacial score (nSPS) is 22.8. The van der Waals surface area contributed by atoms with Crippen LogP contribution in [0.1, 0.15) is 13.3 Å². The van der Waals surface area contributed by atoms with Crippen molar-refractivity contribution >= 4 is 5.78 Å². The Balaban J connectivity index is 2.50. The molecule has 1 aliphatic heterocycles. The van der Waals surface area contributed by atoms with Crippen LogP contribution < -0.4 is 0 Å². The van der Waals surface area contributed by atoms with Gasteiger partial charge in [-0.3, -0.25) is 9.69 Å². The first kappa shape index (κ1) is 11.9. The molecule has 15 heavy (non-hydrogen) atoms. The molecule has 0 unspecified atom stereocenters. The quantitative estimate of drug-likeness (QED) is 0.640. The SMILES string of the molecule is CC(=O)/C=C/[C@@H]1COCCN1CCC#N. The van der Waals surface area contributed by atoms with Crippen molar-refractivity contribution < 1.29 is 9.53 Å². The molecule has 82 valence electrons. The lowest BCUT2D eigenvalue weighted by atomic mass is 10.2. The summed E-state index contributed by atoms with van der Waals surface area (Å²) in [7, 11) is 0. The van der Waals surface area contributed by atoms with E-state index in [0.29, 0.717) is 19.6 Å². The van der Waals surface area contributed by atoms with E-state index in [2.05, 4.69) is 11.0 Å². The Labute approximate surface area is 90.1 Å². The number of hydrogen-bond acceptors (Lipinski definition) is 4. The van der Waals surface area contributed by atoms with Gasteiger partial charge >= 0.3 is 0 Å². The van der Waals surface area contributed by atoms with Crippen molar-refractivity contribution in [1.29, 1.82) is 5.26 Å². The highest BCUT2D eigenvalue weighted by Crippen LogP contribution is 2.08. The Morgan fingerprint density at radius 1 is 1.73 bits per heavy atom. The highest BCUT2D eigenvalue weighted by atomic mass is 16.5. The molecule has 1 rings (SSSR count). The fourth-order valence-corrected chi connectivity index (χ4v) is 1.55. The summed E-state index contributed by atoms with van der Waals surface area (Å²) in [5.74, 6) is 0.0424. The van der Waals surface area contributed by atoms with Gasteiger partial charge in [-0.2, -0.15) is 5.26 Å². The molecule has 0 aromatic carbocycles. The second-order valence-electron chi connectivity index (χ2n) is 3.56. The lowest BCUT2D eigenvalue weighted by molar-refractivity contribution is -0.112. The van der Waals surface area contributed by atoms with Gasteiger partial charge in [0.1, 0.15) is 0 Å². The predicted octanol–water partition coefficient (Wildman–Crippen LogP) is 0.746. The number of allylic oxidation sites excluding steroid dienone is 1. The minimum atomic E-state index is 0.0424. The lowest BCUT2D eigenvalue weighted by Gasteiger charge is -2.33. The van der Waals surface area contributed by atoms with E-state index in [9.17, 15) is 4.79 Å². The summed E-state index contributed by atoms with van der Waals surface area (Å²) < 4.78 is 5.34. The van der Waals surface area contributed by atoms with Crippen molar-refractivity contribution in [1.82, 2.24) is 4.90 Å². The molecule has 0 aliphatic carbocycles. The first-order valence-electron chi connectivity index (χ1n) is 5.11. The third-order valence-electron chi connectivity index (χ3n) is 2.34. The van der Waals surface area contributed by atoms with Crippen LogP contribution in [0.3, 0.4) is 0 Å². The highest BCUT2D eigenvalue weighted by Gasteiger charge is 2.19. The third-order valence-corrected chi connectivity index (χ3v) is 2.34. The van der Waals surface area contributed by atoms with Crippen molar-refractivity contribution in [2.45, 2.75) is 19.4 Å². The highest BCUT2D eigenvalue weighted by molar-refractivity contribution is 5.87. The molecule has 0 aromatic rings. The van der Waals surface area contributed by atoms with E-state index in [0.717, 1.165) is 13.1 Å². The molecule has 1 atom stereocenters. The Hall–Kier alpha value is -1.18. The molecule has 4 nitrogen and oxygen atoms in total. The van der Waals surface area contributed by atoms with E-state index in [1.165, 1.54) is 6.92 Å². The van der Waals surface area contributed by atoms with Crippen molar-refractivity contribution in [3.8, 4) is 6.07 Å². The van der Waals surface area contributed by atoms with Gasteiger partial charge in [-0.1, -0.05) is 6.08 Å². The van der Waals surface area contributed by atoms with E-state index >= 15 is 0 Å². The number of ketones is 1. The number of rotatable bonds is 4. The Morgan fingerprint density at radius 3 is 3.20 bits per heavy atom. The van der Waals surface area contributed by atoms with Crippen molar-refractivity contribution in [2.24, 2.45) is 0 Å². The van der Waals surface area contributed by atoms with Crippen molar-refractivity contribution in [3.05, 3.63) is 12.2 Å². The fraction of sp³-hybridized carbons (Fsp3) is 0.636. The monoisotopic (exact) mass is 208 g/mol. The number of hydrogen-bond donors (Lipinski definition) is 0. The van der Waals surface area contributed by atoms with Crippen LogP contribution in [0.5, 0.6) is 0 Å². The molecule has 1 heterocycles. The Kier molecular flexibility index (Phi) is 5.02. The number of carbonyl (C=O) groups excluding carboxylic acids is 1. The minimum absolute atomic E-state index is 0.0424. The molecule has 0 aromatic heterocycles. The maximum Gasteiger partial charge on any atom is 0.152 e. The smallest absolute Gasteiger partial charge is 0.152 e. The van der Waals surface area contributed by atoms with Gasteiger partial charge in [-0.15, -0.1) is 0 Å². The van der Waals surface area contributed by atoms with Gasteiger partial charge in [0.25, 0.3) is 0 Å². The van der Waals surface area contributed by atoms with Gasteiger partial charge in [0.15, 0.2) is 5.78 Å². The third kappa shape index (κ3) is 4.24. The maximum absolute atomic E-state index is 10.8. The summed E-state index contributed by atoms with van der Waals surface area (Å²) in [6, 6.07) is 2.26. The number of carbonyl (C=O) groups is 1. The van der Waals surface area contributed by atoms with E-state index in [4.69, 9.17) is 10.00 Å². The van der Waals surface area contributed by atoms with Crippen LogP contribution in [0.4, 0.5) is 0 Å². The zero-order chi connectivity index (χ0) is 11.1. The first-order chi connectivity index (χ1) is 7.24. The van der Waals surface area contributed by atoms with Gasteiger partial charge in [-0.25, -0.2) is 0 Å². The van der Waals surface area contributed by atoms with Gasteiger partial charge in [0.2, 0.25) is 0 Å². The molecule has 0 N–H and O–H groups in total. The van der Waals surface area contributed by atoms with Gasteiger partial charge in [-0.05, 0) is 13.0 Å². The average molecular weight is 208 g/mol. The standard InChI is InChI=1S/C11H16N2O2/c1-10(14)3-4-11-9-15-8-7-13(11)6-2-5-12/h3-4,11H,2,6-9H2,1H3/b4-3+/t11-/m1/s1. The summed E-state index contributed by atoms with van der Waals surface area (Å²) >= 11 is 0. The van der Waals surface area contributed by atoms with Crippen LogP contribution in [0.15, 0.2) is 12.2 Å². The van der Waals surface area contributed by atoms with E-state index in [1.54, 1.807) is 6.08 Å². The summed E-state index contributed by atoms with van der Waals surface area (Å²) in [5, 5.41) is 8.52. The second kappa shape index (κ2) is 6.33. The summed E-state index contributed by atoms with van der Waals surface area (Å²) in [5.41, 5.74) is 0. The number of ether oxygens (including phenoxy) is 1. The molecule has 1 saturated heterocycles. The largest absolute Gasteiger partial charge is 0.378 e. The van der Waals surface area contributed by atoms with Crippen LogP contribution in [-0.2, 0) is 9.53 Å². The number of nitriles is 1. The summed E-state index contributed by atoms with van der Waals surface area (Å²) in [6.07, 6.45) is 3.95. The predicted molar refractivity (Wildman–Crippen MR) is 56.2 cm³/mol. The summed E-state index contributed by atoms with van der Waals surface area (Å²) in [6.45, 7) is 4.41. The van der Waals surface area contributed by atoms with E-state index in [1.807, 2.05) is 6.08 Å². The number of morpholine rings is 1. The molecule has 1 aliphatic rings. The molecule has 1 fully saturated rings. The molecule has 0 radical (unpaired) electrons. The molecule has 4 heteroatoms. The molecular formula is C11H16N2O2. The topological polar surface area (TPSA) is 53.3 Å². The average Bonchev–Trinajstić information content (AvgIpc) is 2.24. The molecule has 0 bridgehead atoms. The summed E-state index contributed by atoms with van der Waals surface area (Å²) in [4.78, 5) is 13.0. The second-order valence-corrected chi connectivity index (χ2v) is 3.56. The van der Waals surface area contributed by atoms with Crippen LogP contribution >= 0.6 is 0 Å². The van der Waals surface area contributed by atoms with E-state index in [-0.39, 0.29) is 11.8 Å². The Bertz CT molecular complexity index is 281. The van der Waals surface area contributed by atoms with Gasteiger partial charge < -0.3 is 4.74 Å². The first-order valence-corrected chi connectivity index (χ1v) is 5.11. The maximum atomic E-state index is 10.8. The van der Waals surface area contributed by atoms with Crippen molar-refractivity contribution in [3.63, 3.8) is 0 Å². The van der Waals surface area contributed by atoms with Crippen LogP contribution in [0.25, 0.3) is 0 Å². The van der Waals surface area contributed by atoms with Gasteiger partial charge in [0.05, 0.1) is 25.3 Å². The zero-order valence-corrected chi connectivity index (χ0v) is 8.98. The molecule has 0 amide bonds. The lowest BCUT2D eigenvalue weighted by Crippen LogP contribution is -2.44. The number of nitrogens with zero attached hydrogens (tertiary/aromatic N) is 2. The van der Waals surface area contributed by atoms with Gasteiger partial charge in [0, 0.05) is 19.5 Å². The molecule has 0 spiro atoms. The fourth-order valence-electron chi connectivity index (χ4n) is 1.55. The van der Waals surface area contributed by atoms with Crippen LogP contribution in [0, 0.1) is 11.3 Å². The molecular weight excluding hydrogens is 192 g/mol. The van der Waals surface area contributed by atoms with Crippen molar-refractivity contribution in [2.75, 3.05) is 26.3 Å². The van der Waals surface area contributed by atoms with E-state index < -0.39 is 0 Å². The minimum Gasteiger partial charge on any atom is -0.378 e. The van der Waals surface area contributed by atoms with Crippen LogP contribution in [0.2, 0.25) is 0 Å².